The first-order chi connectivity index (χ1) is 13.3. The van der Waals surface area contributed by atoms with Crippen LogP contribution in [0.4, 0.5) is 22.0 Å². The summed E-state index contributed by atoms with van der Waals surface area (Å²) in [5, 5.41) is 6.90. The average molecular weight is 395 g/mol. The van der Waals surface area contributed by atoms with Crippen molar-refractivity contribution in [1.82, 2.24) is 25.1 Å². The van der Waals surface area contributed by atoms with Gasteiger partial charge in [-0.1, -0.05) is 0 Å². The van der Waals surface area contributed by atoms with Crippen LogP contribution in [0, 0.1) is 11.6 Å². The van der Waals surface area contributed by atoms with Crippen molar-refractivity contribution in [3.05, 3.63) is 53.4 Å². The number of halogens is 5. The van der Waals surface area contributed by atoms with Crippen LogP contribution in [-0.2, 0) is 12.7 Å². The van der Waals surface area contributed by atoms with Crippen molar-refractivity contribution in [2.45, 2.75) is 12.7 Å². The van der Waals surface area contributed by atoms with Gasteiger partial charge < -0.3 is 5.32 Å². The second-order valence-corrected chi connectivity index (χ2v) is 5.95. The van der Waals surface area contributed by atoms with Crippen molar-refractivity contribution in [2.24, 2.45) is 0 Å². The van der Waals surface area contributed by atoms with Crippen LogP contribution in [0.1, 0.15) is 16.1 Å². The van der Waals surface area contributed by atoms with Gasteiger partial charge in [0.25, 0.3) is 5.91 Å². The summed E-state index contributed by atoms with van der Waals surface area (Å²) in [5.74, 6) is -4.34. The Morgan fingerprint density at radius 2 is 1.86 bits per heavy atom. The van der Waals surface area contributed by atoms with E-state index < -0.39 is 28.9 Å². The summed E-state index contributed by atoms with van der Waals surface area (Å²) in [4.78, 5) is 19.7. The molecule has 0 radical (unpaired) electrons. The molecule has 0 aliphatic carbocycles. The maximum absolute atomic E-state index is 14.2. The molecule has 2 aromatic heterocycles. The Kier molecular flexibility index (Phi) is 4.09. The van der Waals surface area contributed by atoms with Gasteiger partial charge in [0.1, 0.15) is 11.4 Å². The van der Waals surface area contributed by atoms with Gasteiger partial charge in [-0.05, 0) is 24.3 Å². The number of nitrogens with one attached hydrogen (secondary N) is 1. The lowest BCUT2D eigenvalue weighted by molar-refractivity contribution is -0.140. The van der Waals surface area contributed by atoms with Crippen LogP contribution in [0.5, 0.6) is 0 Å². The molecular formula is C17H10F5N5O. The van der Waals surface area contributed by atoms with E-state index in [0.29, 0.717) is 30.5 Å². The van der Waals surface area contributed by atoms with Crippen molar-refractivity contribution >= 4 is 5.91 Å². The van der Waals surface area contributed by atoms with Gasteiger partial charge >= 0.3 is 6.18 Å². The number of nitrogens with zero attached hydrogens (tertiary/aromatic N) is 4. The minimum atomic E-state index is -5.03. The smallest absolute Gasteiger partial charge is 0.349 e. The molecule has 1 amide bonds. The highest BCUT2D eigenvalue weighted by Crippen LogP contribution is 2.35. The van der Waals surface area contributed by atoms with Gasteiger partial charge in [0.05, 0.1) is 23.4 Å². The minimum absolute atomic E-state index is 0.208. The number of fused-ring (bicyclic) bond motifs is 1. The first-order valence-corrected chi connectivity index (χ1v) is 8.01. The highest BCUT2D eigenvalue weighted by atomic mass is 19.4. The fraction of sp³-hybridized carbons (Fsp3) is 0.176. The van der Waals surface area contributed by atoms with Crippen molar-refractivity contribution in [3.63, 3.8) is 0 Å². The summed E-state index contributed by atoms with van der Waals surface area (Å²) >= 11 is 0. The summed E-state index contributed by atoms with van der Waals surface area (Å²) in [7, 11) is 0. The number of hydrogen-bond donors (Lipinski definition) is 1. The maximum Gasteiger partial charge on any atom is 0.419 e. The molecule has 1 N–H and O–H groups in total. The van der Waals surface area contributed by atoms with Gasteiger partial charge in [-0.2, -0.15) is 18.3 Å². The normalized spacial score (nSPS) is 14.0. The molecule has 0 atom stereocenters. The fourth-order valence-corrected chi connectivity index (χ4v) is 2.83. The third-order valence-corrected chi connectivity index (χ3v) is 4.17. The SMILES string of the molecule is O=C1NCCn2nc(-c3ccnc(-c4ccc(C(F)(F)F)c(F)c4F)n3)cc21. The zero-order valence-electron chi connectivity index (χ0n) is 13.9. The molecule has 3 heterocycles. The molecule has 3 aromatic rings. The van der Waals surface area contributed by atoms with Crippen LogP contribution >= 0.6 is 0 Å². The van der Waals surface area contributed by atoms with Gasteiger partial charge in [0, 0.05) is 12.7 Å². The van der Waals surface area contributed by atoms with E-state index in [1.54, 1.807) is 0 Å². The van der Waals surface area contributed by atoms with Crippen LogP contribution < -0.4 is 5.32 Å². The fourth-order valence-electron chi connectivity index (χ4n) is 2.83. The highest BCUT2D eigenvalue weighted by Gasteiger charge is 2.36. The summed E-state index contributed by atoms with van der Waals surface area (Å²) < 4.78 is 67.7. The molecule has 0 saturated carbocycles. The van der Waals surface area contributed by atoms with E-state index >= 15 is 0 Å². The van der Waals surface area contributed by atoms with Crippen LogP contribution in [0.15, 0.2) is 30.5 Å². The van der Waals surface area contributed by atoms with E-state index in [2.05, 4.69) is 20.4 Å². The Labute approximate surface area is 154 Å². The molecule has 11 heteroatoms. The molecule has 0 unspecified atom stereocenters. The summed E-state index contributed by atoms with van der Waals surface area (Å²) in [6.45, 7) is 0.871. The lowest BCUT2D eigenvalue weighted by Crippen LogP contribution is -2.35. The van der Waals surface area contributed by atoms with E-state index in [1.807, 2.05) is 0 Å². The van der Waals surface area contributed by atoms with E-state index in [0.717, 1.165) is 6.07 Å². The third-order valence-electron chi connectivity index (χ3n) is 4.17. The number of carbonyl (C=O) groups is 1. The molecule has 1 aromatic carbocycles. The van der Waals surface area contributed by atoms with Crippen LogP contribution in [-0.4, -0.2) is 32.2 Å². The quantitative estimate of drug-likeness (QED) is 0.677. The zero-order valence-corrected chi connectivity index (χ0v) is 13.9. The number of amides is 1. The first kappa shape index (κ1) is 18.0. The van der Waals surface area contributed by atoms with E-state index in [9.17, 15) is 26.7 Å². The highest BCUT2D eigenvalue weighted by molar-refractivity contribution is 5.94. The Balaban J connectivity index is 1.76. The molecule has 1 aliphatic rings. The van der Waals surface area contributed by atoms with E-state index in [-0.39, 0.29) is 17.4 Å². The van der Waals surface area contributed by atoms with Gasteiger partial charge in [-0.15, -0.1) is 0 Å². The molecule has 6 nitrogen and oxygen atoms in total. The average Bonchev–Trinajstić information content (AvgIpc) is 3.09. The second-order valence-electron chi connectivity index (χ2n) is 5.95. The van der Waals surface area contributed by atoms with Crippen molar-refractivity contribution in [1.29, 1.82) is 0 Å². The molecule has 0 spiro atoms. The van der Waals surface area contributed by atoms with Crippen molar-refractivity contribution < 1.29 is 26.7 Å². The summed E-state index contributed by atoms with van der Waals surface area (Å²) in [5.41, 5.74) is -1.41. The first-order valence-electron chi connectivity index (χ1n) is 8.01. The van der Waals surface area contributed by atoms with Crippen LogP contribution in [0.25, 0.3) is 22.8 Å². The Bertz CT molecular complexity index is 1090. The number of alkyl halides is 3. The second kappa shape index (κ2) is 6.36. The number of aromatic nitrogens is 4. The predicted octanol–water partition coefficient (Wildman–Crippen LogP) is 3.05. The zero-order chi connectivity index (χ0) is 20.1. The van der Waals surface area contributed by atoms with Crippen LogP contribution in [0.3, 0.4) is 0 Å². The molecular weight excluding hydrogens is 385 g/mol. The van der Waals surface area contributed by atoms with E-state index in [1.165, 1.54) is 23.0 Å². The van der Waals surface area contributed by atoms with Gasteiger partial charge in [0.2, 0.25) is 0 Å². The number of rotatable bonds is 2. The lowest BCUT2D eigenvalue weighted by atomic mass is 10.1. The van der Waals surface area contributed by atoms with Crippen LogP contribution in [0.2, 0.25) is 0 Å². The molecule has 4 rings (SSSR count). The molecule has 0 bridgehead atoms. The summed E-state index contributed by atoms with van der Waals surface area (Å²) in [6.07, 6.45) is -3.78. The molecule has 1 aliphatic heterocycles. The largest absolute Gasteiger partial charge is 0.419 e. The Morgan fingerprint density at radius 1 is 1.07 bits per heavy atom. The van der Waals surface area contributed by atoms with E-state index in [4.69, 9.17) is 0 Å². The lowest BCUT2D eigenvalue weighted by Gasteiger charge is -2.13. The van der Waals surface area contributed by atoms with Crippen molar-refractivity contribution in [3.8, 4) is 22.8 Å². The third kappa shape index (κ3) is 2.98. The van der Waals surface area contributed by atoms with Gasteiger partial charge in [0.15, 0.2) is 17.5 Å². The number of hydrogen-bond acceptors (Lipinski definition) is 4. The summed E-state index contributed by atoms with van der Waals surface area (Å²) in [6, 6.07) is 4.12. The monoisotopic (exact) mass is 395 g/mol. The number of benzene rings is 1. The maximum atomic E-state index is 14.2. The minimum Gasteiger partial charge on any atom is -0.349 e. The predicted molar refractivity (Wildman–Crippen MR) is 85.9 cm³/mol. The van der Waals surface area contributed by atoms with Gasteiger partial charge in [-0.25, -0.2) is 18.7 Å². The standard InChI is InChI=1S/C17H10F5N5O/c18-13-8(1-2-9(14(13)19)17(20,21)22)15-23-4-3-10(25-15)11-7-12-16(28)24-5-6-27(12)26-11/h1-4,7H,5-6H2,(H,24,28). The number of carbonyl (C=O) groups excluding carboxylic acids is 1. The van der Waals surface area contributed by atoms with Crippen molar-refractivity contribution in [2.75, 3.05) is 6.54 Å². The molecule has 144 valence electrons. The molecule has 28 heavy (non-hydrogen) atoms. The topological polar surface area (TPSA) is 72.7 Å². The molecule has 0 fully saturated rings. The Morgan fingerprint density at radius 3 is 2.57 bits per heavy atom. The molecule has 0 saturated heterocycles. The Hall–Kier alpha value is -3.37. The van der Waals surface area contributed by atoms with Gasteiger partial charge in [-0.3, -0.25) is 9.48 Å².